The van der Waals surface area contributed by atoms with Crippen LogP contribution in [0.3, 0.4) is 0 Å². The monoisotopic (exact) mass is 352 g/mol. The maximum Gasteiger partial charge on any atom is 0.147 e. The molecule has 132 valence electrons. The highest BCUT2D eigenvalue weighted by Crippen LogP contribution is 2.30. The summed E-state index contributed by atoms with van der Waals surface area (Å²) in [5.41, 5.74) is -0.0510. The van der Waals surface area contributed by atoms with E-state index in [1.165, 1.54) is 17.8 Å². The summed E-state index contributed by atoms with van der Waals surface area (Å²) in [7, 11) is 0. The second-order valence-electron chi connectivity index (χ2n) is 6.52. The molecule has 0 amide bonds. The lowest BCUT2D eigenvalue weighted by Crippen LogP contribution is -2.30. The minimum absolute atomic E-state index is 0.000436. The Kier molecular flexibility index (Phi) is 6.23. The van der Waals surface area contributed by atoms with Crippen LogP contribution in [0.1, 0.15) is 39.8 Å². The number of carbonyl (C=O) groups is 1. The van der Waals surface area contributed by atoms with Gasteiger partial charge in [0.15, 0.2) is 0 Å². The summed E-state index contributed by atoms with van der Waals surface area (Å²) in [4.78, 5) is 19.3. The molecule has 1 aliphatic heterocycles. The maximum absolute atomic E-state index is 10.8. The highest BCUT2D eigenvalue weighted by atomic mass is 32.2. The number of aldehydes is 1. The molecular weight excluding hydrogens is 328 g/mol. The van der Waals surface area contributed by atoms with Gasteiger partial charge in [0.1, 0.15) is 40.2 Å². The molecule has 0 spiro atoms. The molecule has 0 saturated heterocycles. The van der Waals surface area contributed by atoms with Crippen molar-refractivity contribution in [1.82, 2.24) is 4.98 Å². The normalized spacial score (nSPS) is 17.9. The molecule has 2 rings (SSSR count). The van der Waals surface area contributed by atoms with E-state index in [2.05, 4.69) is 9.98 Å². The molecule has 6 nitrogen and oxygen atoms in total. The third-order valence-electron chi connectivity index (χ3n) is 3.43. The van der Waals surface area contributed by atoms with Crippen LogP contribution in [0.15, 0.2) is 17.3 Å². The molecule has 0 aliphatic carbocycles. The van der Waals surface area contributed by atoms with E-state index in [9.17, 15) is 9.90 Å². The van der Waals surface area contributed by atoms with E-state index in [0.29, 0.717) is 28.8 Å². The van der Waals surface area contributed by atoms with Crippen molar-refractivity contribution in [1.29, 1.82) is 0 Å². The fourth-order valence-electron chi connectivity index (χ4n) is 2.15. The number of aromatic nitrogens is 1. The predicted octanol–water partition coefficient (Wildman–Crippen LogP) is 2.82. The van der Waals surface area contributed by atoms with Gasteiger partial charge in [0.2, 0.25) is 0 Å². The van der Waals surface area contributed by atoms with Gasteiger partial charge in [-0.25, -0.2) is 4.98 Å². The van der Waals surface area contributed by atoms with Crippen LogP contribution < -0.4 is 4.74 Å². The van der Waals surface area contributed by atoms with Crippen LogP contribution >= 0.6 is 11.8 Å². The fraction of sp³-hybridized carbons (Fsp3) is 0.588. The minimum Gasteiger partial charge on any atom is -0.505 e. The summed E-state index contributed by atoms with van der Waals surface area (Å²) in [6.45, 7) is 8.52. The van der Waals surface area contributed by atoms with Gasteiger partial charge in [0.05, 0.1) is 18.9 Å². The molecule has 24 heavy (non-hydrogen) atoms. The molecule has 0 radical (unpaired) electrons. The van der Waals surface area contributed by atoms with E-state index in [1.807, 2.05) is 27.7 Å². The first-order chi connectivity index (χ1) is 11.3. The smallest absolute Gasteiger partial charge is 0.147 e. The largest absolute Gasteiger partial charge is 0.505 e. The fourth-order valence-corrected chi connectivity index (χ4v) is 3.14. The summed E-state index contributed by atoms with van der Waals surface area (Å²) < 4.78 is 11.5. The third kappa shape index (κ3) is 5.21. The third-order valence-corrected chi connectivity index (χ3v) is 4.51. The quantitative estimate of drug-likeness (QED) is 0.725. The molecule has 0 aromatic carbocycles. The summed E-state index contributed by atoms with van der Waals surface area (Å²) in [5, 5.41) is 10.8. The number of rotatable bonds is 8. The van der Waals surface area contributed by atoms with Crippen molar-refractivity contribution in [3.8, 4) is 11.5 Å². The van der Waals surface area contributed by atoms with Crippen LogP contribution in [0.25, 0.3) is 0 Å². The van der Waals surface area contributed by atoms with E-state index in [0.717, 1.165) is 12.7 Å². The Bertz CT molecular complexity index is 617. The van der Waals surface area contributed by atoms with Crippen LogP contribution in [0.2, 0.25) is 0 Å². The van der Waals surface area contributed by atoms with Gasteiger partial charge >= 0.3 is 0 Å². The van der Waals surface area contributed by atoms with Crippen molar-refractivity contribution in [2.24, 2.45) is 4.99 Å². The van der Waals surface area contributed by atoms with Gasteiger partial charge in [0, 0.05) is 18.2 Å². The molecule has 1 atom stereocenters. The van der Waals surface area contributed by atoms with E-state index >= 15 is 0 Å². The second-order valence-corrected chi connectivity index (χ2v) is 7.53. The lowest BCUT2D eigenvalue weighted by atomic mass is 10.1. The van der Waals surface area contributed by atoms with Crippen LogP contribution in [0.4, 0.5) is 0 Å². The number of pyridine rings is 1. The van der Waals surface area contributed by atoms with E-state index in [4.69, 9.17) is 9.47 Å². The van der Waals surface area contributed by atoms with E-state index in [1.54, 1.807) is 6.20 Å². The van der Waals surface area contributed by atoms with Crippen LogP contribution in [0, 0.1) is 0 Å². The standard InChI is InChI=1S/C17H24N2O4S/c1-11(2)22-6-5-17(3,4)23-13-7-14(21)15(18-8-13)16-19-12(9-20)10-24-16/h7-9,11-12,21H,5-6,10H2,1-4H3/t12-/m0/s1. The number of aliphatic imine (C=N–C) groups is 1. The van der Waals surface area contributed by atoms with Crippen LogP contribution in [0.5, 0.6) is 11.5 Å². The number of thioether (sulfide) groups is 1. The lowest BCUT2D eigenvalue weighted by molar-refractivity contribution is -0.108. The minimum atomic E-state index is -0.438. The van der Waals surface area contributed by atoms with Crippen LogP contribution in [-0.2, 0) is 9.53 Å². The Morgan fingerprint density at radius 3 is 2.83 bits per heavy atom. The Hall–Kier alpha value is -1.60. The molecule has 0 unspecified atom stereocenters. The van der Waals surface area contributed by atoms with E-state index in [-0.39, 0.29) is 17.9 Å². The average molecular weight is 352 g/mol. The highest BCUT2D eigenvalue weighted by Gasteiger charge is 2.24. The Morgan fingerprint density at radius 2 is 2.25 bits per heavy atom. The van der Waals surface area contributed by atoms with Gasteiger partial charge in [-0.1, -0.05) is 0 Å². The average Bonchev–Trinajstić information content (AvgIpc) is 2.95. The van der Waals surface area contributed by atoms with Crippen molar-refractivity contribution >= 4 is 23.1 Å². The van der Waals surface area contributed by atoms with Gasteiger partial charge in [-0.3, -0.25) is 4.99 Å². The number of carbonyl (C=O) groups excluding carboxylic acids is 1. The first-order valence-electron chi connectivity index (χ1n) is 7.96. The number of aromatic hydroxyl groups is 1. The topological polar surface area (TPSA) is 81.0 Å². The van der Waals surface area contributed by atoms with Gasteiger partial charge < -0.3 is 19.4 Å². The van der Waals surface area contributed by atoms with E-state index < -0.39 is 5.60 Å². The molecule has 1 aliphatic rings. The Balaban J connectivity index is 2.03. The van der Waals surface area contributed by atoms with Crippen LogP contribution in [-0.4, -0.2) is 51.5 Å². The number of nitrogens with zero attached hydrogens (tertiary/aromatic N) is 2. The Labute approximate surface area is 146 Å². The number of hydrogen-bond donors (Lipinski definition) is 1. The SMILES string of the molecule is CC(C)OCCC(C)(C)Oc1cnc(C2=N[C@@H](C=O)CS2)c(O)c1. The first kappa shape index (κ1) is 18.7. The van der Waals surface area contributed by atoms with Crippen molar-refractivity contribution < 1.29 is 19.4 Å². The molecule has 1 aromatic heterocycles. The zero-order valence-electron chi connectivity index (χ0n) is 14.5. The second kappa shape index (κ2) is 7.98. The first-order valence-corrected chi connectivity index (χ1v) is 8.95. The molecule has 1 N–H and O–H groups in total. The zero-order valence-corrected chi connectivity index (χ0v) is 15.3. The molecule has 0 fully saturated rings. The van der Waals surface area contributed by atoms with Gasteiger partial charge in [-0.05, 0) is 27.7 Å². The molecule has 1 aromatic rings. The summed E-state index contributed by atoms with van der Waals surface area (Å²) in [6, 6.07) is 1.17. The van der Waals surface area contributed by atoms with Crippen molar-refractivity contribution in [2.45, 2.75) is 51.9 Å². The maximum atomic E-state index is 10.8. The van der Waals surface area contributed by atoms with Crippen molar-refractivity contribution in [3.63, 3.8) is 0 Å². The van der Waals surface area contributed by atoms with Gasteiger partial charge in [0.25, 0.3) is 0 Å². The zero-order chi connectivity index (χ0) is 17.7. The Morgan fingerprint density at radius 1 is 1.50 bits per heavy atom. The summed E-state index contributed by atoms with van der Waals surface area (Å²) in [5.74, 6) is 1.07. The number of hydrogen-bond acceptors (Lipinski definition) is 7. The molecule has 0 bridgehead atoms. The molecule has 2 heterocycles. The molecule has 7 heteroatoms. The summed E-state index contributed by atoms with van der Waals surface area (Å²) in [6.07, 6.45) is 3.27. The van der Waals surface area contributed by atoms with Crippen molar-refractivity contribution in [3.05, 3.63) is 18.0 Å². The van der Waals surface area contributed by atoms with Gasteiger partial charge in [-0.2, -0.15) is 0 Å². The predicted molar refractivity (Wildman–Crippen MR) is 95.2 cm³/mol. The molecular formula is C17H24N2O4S. The lowest BCUT2D eigenvalue weighted by Gasteiger charge is -2.26. The van der Waals surface area contributed by atoms with Crippen molar-refractivity contribution in [2.75, 3.05) is 12.4 Å². The highest BCUT2D eigenvalue weighted by molar-refractivity contribution is 8.14. The summed E-state index contributed by atoms with van der Waals surface area (Å²) >= 11 is 1.41. The molecule has 0 saturated carbocycles. The number of ether oxygens (including phenoxy) is 2. The van der Waals surface area contributed by atoms with Gasteiger partial charge in [-0.15, -0.1) is 11.8 Å².